The summed E-state index contributed by atoms with van der Waals surface area (Å²) in [5.41, 5.74) is 0. The van der Waals surface area contributed by atoms with Gasteiger partial charge < -0.3 is 15.0 Å². The molecule has 2 heterocycles. The van der Waals surface area contributed by atoms with Crippen molar-refractivity contribution < 1.29 is 14.3 Å². The van der Waals surface area contributed by atoms with Gasteiger partial charge in [-0.25, -0.2) is 0 Å². The smallest absolute Gasteiger partial charge is 0.246 e. The van der Waals surface area contributed by atoms with Crippen LogP contribution in [0.2, 0.25) is 0 Å². The summed E-state index contributed by atoms with van der Waals surface area (Å²) in [6.45, 7) is 7.29. The second-order valence-corrected chi connectivity index (χ2v) is 6.00. The Labute approximate surface area is 121 Å². The van der Waals surface area contributed by atoms with Crippen molar-refractivity contribution in [2.75, 3.05) is 13.2 Å². The lowest BCUT2D eigenvalue weighted by Gasteiger charge is -2.39. The number of nitrogens with zero attached hydrogens (tertiary/aromatic N) is 1. The summed E-state index contributed by atoms with van der Waals surface area (Å²) in [7, 11) is 0. The fourth-order valence-electron chi connectivity index (χ4n) is 2.93. The fraction of sp³-hybridized carbons (Fsp3) is 0.867. The number of hydrogen-bond donors (Lipinski definition) is 1. The van der Waals surface area contributed by atoms with Crippen LogP contribution in [0.3, 0.4) is 0 Å². The van der Waals surface area contributed by atoms with Gasteiger partial charge in [0.05, 0.1) is 6.10 Å². The van der Waals surface area contributed by atoms with E-state index >= 15 is 0 Å². The average molecular weight is 282 g/mol. The van der Waals surface area contributed by atoms with E-state index in [9.17, 15) is 9.59 Å². The summed E-state index contributed by atoms with van der Waals surface area (Å²) in [5.74, 6) is 0.191. The summed E-state index contributed by atoms with van der Waals surface area (Å²) >= 11 is 0. The molecule has 0 aromatic heterocycles. The number of amides is 2. The fourth-order valence-corrected chi connectivity index (χ4v) is 2.93. The maximum atomic E-state index is 12.6. The minimum absolute atomic E-state index is 0.0396. The van der Waals surface area contributed by atoms with Crippen LogP contribution in [0.25, 0.3) is 0 Å². The van der Waals surface area contributed by atoms with Gasteiger partial charge in [0.25, 0.3) is 0 Å². The third-order valence-electron chi connectivity index (χ3n) is 4.62. The van der Waals surface area contributed by atoms with Crippen molar-refractivity contribution in [3.05, 3.63) is 0 Å². The molecule has 1 N–H and O–H groups in total. The van der Waals surface area contributed by atoms with Crippen LogP contribution in [0, 0.1) is 5.92 Å². The Morgan fingerprint density at radius 2 is 2.20 bits per heavy atom. The minimum Gasteiger partial charge on any atom is -0.378 e. The SMILES string of the molecule is CCC(C)C1NC(=O)C(C)N(CCC2CCCO2)C1=O. The van der Waals surface area contributed by atoms with Crippen LogP contribution in [0.15, 0.2) is 0 Å². The average Bonchev–Trinajstić information content (AvgIpc) is 2.95. The molecule has 4 unspecified atom stereocenters. The molecule has 4 atom stereocenters. The topological polar surface area (TPSA) is 58.6 Å². The van der Waals surface area contributed by atoms with Crippen LogP contribution in [0.4, 0.5) is 0 Å². The number of carbonyl (C=O) groups is 2. The van der Waals surface area contributed by atoms with Crippen LogP contribution in [-0.4, -0.2) is 48.1 Å². The predicted molar refractivity (Wildman–Crippen MR) is 76.2 cm³/mol. The zero-order valence-electron chi connectivity index (χ0n) is 12.7. The molecule has 2 amide bonds. The molecule has 0 radical (unpaired) electrons. The van der Waals surface area contributed by atoms with Crippen molar-refractivity contribution in [1.82, 2.24) is 10.2 Å². The highest BCUT2D eigenvalue weighted by Gasteiger charge is 2.40. The molecule has 5 heteroatoms. The normalized spacial score (nSPS) is 32.4. The van der Waals surface area contributed by atoms with Gasteiger partial charge in [-0.3, -0.25) is 9.59 Å². The van der Waals surface area contributed by atoms with Gasteiger partial charge in [0.15, 0.2) is 0 Å². The van der Waals surface area contributed by atoms with E-state index in [1.54, 1.807) is 11.8 Å². The van der Waals surface area contributed by atoms with Gasteiger partial charge in [-0.1, -0.05) is 20.3 Å². The van der Waals surface area contributed by atoms with E-state index in [4.69, 9.17) is 4.74 Å². The Balaban J connectivity index is 1.99. The molecule has 0 aliphatic carbocycles. The molecule has 2 aliphatic rings. The second-order valence-electron chi connectivity index (χ2n) is 6.00. The highest BCUT2D eigenvalue weighted by atomic mass is 16.5. The Bertz CT molecular complexity index is 366. The van der Waals surface area contributed by atoms with E-state index in [0.29, 0.717) is 6.54 Å². The summed E-state index contributed by atoms with van der Waals surface area (Å²) in [4.78, 5) is 26.3. The molecular formula is C15H26N2O3. The first-order chi connectivity index (χ1) is 9.54. The minimum atomic E-state index is -0.371. The Morgan fingerprint density at radius 3 is 2.80 bits per heavy atom. The third kappa shape index (κ3) is 3.14. The largest absolute Gasteiger partial charge is 0.378 e. The number of carbonyl (C=O) groups excluding carboxylic acids is 2. The van der Waals surface area contributed by atoms with E-state index in [0.717, 1.165) is 32.3 Å². The first kappa shape index (κ1) is 15.3. The van der Waals surface area contributed by atoms with Crippen molar-refractivity contribution in [1.29, 1.82) is 0 Å². The number of hydrogen-bond acceptors (Lipinski definition) is 3. The monoisotopic (exact) mass is 282 g/mol. The lowest BCUT2D eigenvalue weighted by molar-refractivity contribution is -0.150. The lowest BCUT2D eigenvalue weighted by Crippen LogP contribution is -2.64. The molecule has 2 saturated heterocycles. The molecule has 5 nitrogen and oxygen atoms in total. The molecule has 2 aliphatic heterocycles. The van der Waals surface area contributed by atoms with E-state index in [-0.39, 0.29) is 35.9 Å². The van der Waals surface area contributed by atoms with E-state index in [1.165, 1.54) is 0 Å². The van der Waals surface area contributed by atoms with Crippen molar-refractivity contribution in [2.24, 2.45) is 5.92 Å². The zero-order valence-corrected chi connectivity index (χ0v) is 12.7. The van der Waals surface area contributed by atoms with Gasteiger partial charge in [0.2, 0.25) is 11.8 Å². The van der Waals surface area contributed by atoms with Crippen molar-refractivity contribution >= 4 is 11.8 Å². The molecular weight excluding hydrogens is 256 g/mol. The third-order valence-corrected chi connectivity index (χ3v) is 4.62. The lowest BCUT2D eigenvalue weighted by atomic mass is 9.94. The second kappa shape index (κ2) is 6.57. The van der Waals surface area contributed by atoms with Crippen LogP contribution in [0.5, 0.6) is 0 Å². The molecule has 20 heavy (non-hydrogen) atoms. The van der Waals surface area contributed by atoms with E-state index < -0.39 is 0 Å². The molecule has 2 fully saturated rings. The maximum Gasteiger partial charge on any atom is 0.246 e. The maximum absolute atomic E-state index is 12.6. The Morgan fingerprint density at radius 1 is 1.45 bits per heavy atom. The number of nitrogens with one attached hydrogen (secondary N) is 1. The standard InChI is InChI=1S/C15H26N2O3/c1-4-10(2)13-15(19)17(11(3)14(18)16-13)8-7-12-6-5-9-20-12/h10-13H,4-9H2,1-3H3,(H,16,18). The van der Waals surface area contributed by atoms with E-state index in [2.05, 4.69) is 5.32 Å². The highest BCUT2D eigenvalue weighted by Crippen LogP contribution is 2.21. The zero-order chi connectivity index (χ0) is 14.7. The number of ether oxygens (including phenoxy) is 1. The predicted octanol–water partition coefficient (Wildman–Crippen LogP) is 1.32. The van der Waals surface area contributed by atoms with Gasteiger partial charge in [-0.05, 0) is 32.1 Å². The first-order valence-corrected chi connectivity index (χ1v) is 7.77. The van der Waals surface area contributed by atoms with Crippen LogP contribution in [0.1, 0.15) is 46.5 Å². The molecule has 2 rings (SSSR count). The summed E-state index contributed by atoms with van der Waals surface area (Å²) < 4.78 is 5.60. The Hall–Kier alpha value is -1.10. The molecule has 0 spiro atoms. The van der Waals surface area contributed by atoms with Gasteiger partial charge >= 0.3 is 0 Å². The van der Waals surface area contributed by atoms with Crippen LogP contribution >= 0.6 is 0 Å². The first-order valence-electron chi connectivity index (χ1n) is 7.77. The van der Waals surface area contributed by atoms with Gasteiger partial charge in [0, 0.05) is 13.2 Å². The number of piperazine rings is 1. The van der Waals surface area contributed by atoms with Crippen molar-refractivity contribution in [3.8, 4) is 0 Å². The molecule has 0 bridgehead atoms. The highest BCUT2D eigenvalue weighted by molar-refractivity contribution is 5.96. The molecule has 0 aromatic rings. The van der Waals surface area contributed by atoms with Crippen LogP contribution < -0.4 is 5.32 Å². The Kier molecular flexibility index (Phi) is 5.02. The molecule has 0 aromatic carbocycles. The summed E-state index contributed by atoms with van der Waals surface area (Å²) in [6, 6.07) is -0.739. The number of rotatable bonds is 5. The van der Waals surface area contributed by atoms with Gasteiger partial charge in [0.1, 0.15) is 12.1 Å². The molecule has 0 saturated carbocycles. The van der Waals surface area contributed by atoms with Crippen molar-refractivity contribution in [2.45, 2.75) is 64.6 Å². The summed E-state index contributed by atoms with van der Waals surface area (Å²) in [5, 5.41) is 2.86. The van der Waals surface area contributed by atoms with E-state index in [1.807, 2.05) is 13.8 Å². The molecule has 114 valence electrons. The summed E-state index contributed by atoms with van der Waals surface area (Å²) in [6.07, 6.45) is 4.13. The van der Waals surface area contributed by atoms with Gasteiger partial charge in [-0.2, -0.15) is 0 Å². The quantitative estimate of drug-likeness (QED) is 0.827. The van der Waals surface area contributed by atoms with Crippen LogP contribution in [-0.2, 0) is 14.3 Å². The van der Waals surface area contributed by atoms with Crippen molar-refractivity contribution in [3.63, 3.8) is 0 Å². The van der Waals surface area contributed by atoms with Gasteiger partial charge in [-0.15, -0.1) is 0 Å².